The lowest BCUT2D eigenvalue weighted by atomic mass is 10.1. The van der Waals surface area contributed by atoms with Crippen LogP contribution in [0.2, 0.25) is 0 Å². The van der Waals surface area contributed by atoms with Gasteiger partial charge in [0.15, 0.2) is 0 Å². The lowest BCUT2D eigenvalue weighted by molar-refractivity contribution is -0.107. The Hall–Kier alpha value is 0.400. The molecule has 0 saturated heterocycles. The molecule has 0 unspecified atom stereocenters. The minimum atomic E-state index is 0.754. The maximum absolute atomic E-state index is 9.89. The minimum Gasteiger partial charge on any atom is -0.303 e. The highest BCUT2D eigenvalue weighted by molar-refractivity contribution is 14.1. The fourth-order valence-corrected chi connectivity index (χ4v) is 1.39. The van der Waals surface area contributed by atoms with Crippen molar-refractivity contribution in [1.82, 2.24) is 0 Å². The number of carbonyl (C=O) groups is 1. The van der Waals surface area contributed by atoms with Crippen molar-refractivity contribution in [3.63, 3.8) is 0 Å². The van der Waals surface area contributed by atoms with Gasteiger partial charge in [-0.2, -0.15) is 0 Å². The van der Waals surface area contributed by atoms with Crippen LogP contribution in [-0.2, 0) is 4.79 Å². The maximum atomic E-state index is 9.89. The first-order chi connectivity index (χ1) is 4.91. The molecule has 0 heterocycles. The van der Waals surface area contributed by atoms with E-state index in [1.54, 1.807) is 0 Å². The van der Waals surface area contributed by atoms with E-state index in [4.69, 9.17) is 0 Å². The molecule has 0 aliphatic rings. The van der Waals surface area contributed by atoms with Crippen LogP contribution >= 0.6 is 22.6 Å². The number of hydrogen-bond donors (Lipinski definition) is 0. The van der Waals surface area contributed by atoms with Crippen molar-refractivity contribution in [2.45, 2.75) is 38.5 Å². The monoisotopic (exact) mass is 254 g/mol. The van der Waals surface area contributed by atoms with Crippen LogP contribution in [0.25, 0.3) is 0 Å². The average Bonchev–Trinajstić information content (AvgIpc) is 1.97. The molecule has 0 rings (SSSR count). The maximum Gasteiger partial charge on any atom is 0.119 e. The summed E-state index contributed by atoms with van der Waals surface area (Å²) in [5.41, 5.74) is 0. The van der Waals surface area contributed by atoms with Gasteiger partial charge in [0.2, 0.25) is 0 Å². The number of unbranched alkanes of at least 4 members (excludes halogenated alkanes) is 5. The van der Waals surface area contributed by atoms with E-state index in [-0.39, 0.29) is 0 Å². The van der Waals surface area contributed by atoms with Crippen LogP contribution in [0.3, 0.4) is 0 Å². The molecule has 0 atom stereocenters. The van der Waals surface area contributed by atoms with Gasteiger partial charge in [0.1, 0.15) is 6.29 Å². The quantitative estimate of drug-likeness (QED) is 0.295. The summed E-state index contributed by atoms with van der Waals surface area (Å²) in [6, 6.07) is 0. The van der Waals surface area contributed by atoms with Gasteiger partial charge in [0.25, 0.3) is 0 Å². The van der Waals surface area contributed by atoms with Gasteiger partial charge in [-0.1, -0.05) is 41.9 Å². The fourth-order valence-electron chi connectivity index (χ4n) is 0.852. The molecule has 0 amide bonds. The summed E-state index contributed by atoms with van der Waals surface area (Å²) in [5.74, 6) is 0. The van der Waals surface area contributed by atoms with Crippen LogP contribution in [0.15, 0.2) is 0 Å². The number of alkyl halides is 1. The molecule has 0 radical (unpaired) electrons. The summed E-state index contributed by atoms with van der Waals surface area (Å²) >= 11 is 2.40. The van der Waals surface area contributed by atoms with Crippen molar-refractivity contribution in [3.05, 3.63) is 0 Å². The molecular weight excluding hydrogens is 239 g/mol. The van der Waals surface area contributed by atoms with Gasteiger partial charge in [-0.3, -0.25) is 0 Å². The van der Waals surface area contributed by atoms with Crippen molar-refractivity contribution in [2.24, 2.45) is 0 Å². The lowest BCUT2D eigenvalue weighted by Gasteiger charge is -1.95. The zero-order chi connectivity index (χ0) is 7.66. The second kappa shape index (κ2) is 9.40. The first kappa shape index (κ1) is 10.4. The summed E-state index contributed by atoms with van der Waals surface area (Å²) in [5, 5.41) is 0. The van der Waals surface area contributed by atoms with Crippen molar-refractivity contribution in [1.29, 1.82) is 0 Å². The molecule has 0 aromatic heterocycles. The summed E-state index contributed by atoms with van der Waals surface area (Å²) in [6.45, 7) is 0. The molecular formula is C8H15IO. The second-order valence-electron chi connectivity index (χ2n) is 2.41. The predicted molar refractivity (Wildman–Crippen MR) is 52.7 cm³/mol. The van der Waals surface area contributed by atoms with Crippen LogP contribution in [-0.4, -0.2) is 10.7 Å². The van der Waals surface area contributed by atoms with E-state index in [0.717, 1.165) is 19.1 Å². The van der Waals surface area contributed by atoms with Crippen LogP contribution < -0.4 is 0 Å². The summed E-state index contributed by atoms with van der Waals surface area (Å²) in [7, 11) is 0. The van der Waals surface area contributed by atoms with Gasteiger partial charge in [0.05, 0.1) is 0 Å². The highest BCUT2D eigenvalue weighted by Gasteiger charge is 1.88. The van der Waals surface area contributed by atoms with Crippen molar-refractivity contribution in [3.8, 4) is 0 Å². The number of carbonyl (C=O) groups excluding carboxylic acids is 1. The van der Waals surface area contributed by atoms with Crippen LogP contribution in [0.1, 0.15) is 38.5 Å². The molecule has 0 aromatic rings. The summed E-state index contributed by atoms with van der Waals surface area (Å²) < 4.78 is 1.27. The number of hydrogen-bond acceptors (Lipinski definition) is 1. The van der Waals surface area contributed by atoms with Crippen molar-refractivity contribution in [2.75, 3.05) is 4.43 Å². The Bertz CT molecular complexity index is 73.7. The van der Waals surface area contributed by atoms with Crippen molar-refractivity contribution < 1.29 is 4.79 Å². The first-order valence-corrected chi connectivity index (χ1v) is 5.44. The Labute approximate surface area is 76.7 Å². The molecule has 0 fully saturated rings. The van der Waals surface area contributed by atoms with Gasteiger partial charge in [-0.15, -0.1) is 0 Å². The molecule has 0 aromatic carbocycles. The standard InChI is InChI=1S/C8H15IO/c9-7-5-3-1-2-4-6-8-10/h8H,1-7H2. The number of halogens is 1. The molecule has 10 heavy (non-hydrogen) atoms. The second-order valence-corrected chi connectivity index (χ2v) is 3.49. The highest BCUT2D eigenvalue weighted by Crippen LogP contribution is 2.05. The Morgan fingerprint density at radius 2 is 1.60 bits per heavy atom. The summed E-state index contributed by atoms with van der Waals surface area (Å²) in [4.78, 5) is 9.89. The van der Waals surface area contributed by atoms with Gasteiger partial charge in [-0.25, -0.2) is 0 Å². The Morgan fingerprint density at radius 3 is 2.20 bits per heavy atom. The van der Waals surface area contributed by atoms with E-state index in [0.29, 0.717) is 0 Å². The average molecular weight is 254 g/mol. The third-order valence-corrected chi connectivity index (χ3v) is 2.22. The van der Waals surface area contributed by atoms with E-state index in [2.05, 4.69) is 22.6 Å². The predicted octanol–water partition coefficient (Wildman–Crippen LogP) is 2.96. The van der Waals surface area contributed by atoms with Gasteiger partial charge < -0.3 is 4.79 Å². The normalized spacial score (nSPS) is 9.70. The Morgan fingerprint density at radius 1 is 1.00 bits per heavy atom. The van der Waals surface area contributed by atoms with E-state index in [9.17, 15) is 4.79 Å². The van der Waals surface area contributed by atoms with Crippen LogP contribution in [0.5, 0.6) is 0 Å². The van der Waals surface area contributed by atoms with E-state index < -0.39 is 0 Å². The number of aldehydes is 1. The highest BCUT2D eigenvalue weighted by atomic mass is 127. The summed E-state index contributed by atoms with van der Waals surface area (Å²) in [6.07, 6.45) is 8.06. The zero-order valence-electron chi connectivity index (χ0n) is 6.31. The topological polar surface area (TPSA) is 17.1 Å². The molecule has 0 aliphatic carbocycles. The van der Waals surface area contributed by atoms with Crippen molar-refractivity contribution >= 4 is 28.9 Å². The van der Waals surface area contributed by atoms with Gasteiger partial charge in [0, 0.05) is 6.42 Å². The third-order valence-electron chi connectivity index (χ3n) is 1.46. The molecule has 0 aliphatic heterocycles. The molecule has 1 nitrogen and oxygen atoms in total. The first-order valence-electron chi connectivity index (χ1n) is 3.91. The van der Waals surface area contributed by atoms with Crippen LogP contribution in [0.4, 0.5) is 0 Å². The largest absolute Gasteiger partial charge is 0.303 e. The lowest BCUT2D eigenvalue weighted by Crippen LogP contribution is -1.80. The van der Waals surface area contributed by atoms with Gasteiger partial charge in [-0.05, 0) is 17.3 Å². The fraction of sp³-hybridized carbons (Fsp3) is 0.875. The molecule has 0 bridgehead atoms. The molecule has 60 valence electrons. The molecule has 0 N–H and O–H groups in total. The minimum absolute atomic E-state index is 0.754. The Kier molecular flexibility index (Phi) is 9.78. The third kappa shape index (κ3) is 8.40. The molecule has 2 heteroatoms. The number of rotatable bonds is 7. The molecule has 0 spiro atoms. The van der Waals surface area contributed by atoms with E-state index >= 15 is 0 Å². The SMILES string of the molecule is O=CCCCCCCCI. The van der Waals surface area contributed by atoms with E-state index in [1.165, 1.54) is 30.1 Å². The van der Waals surface area contributed by atoms with Gasteiger partial charge >= 0.3 is 0 Å². The van der Waals surface area contributed by atoms with E-state index in [1.807, 2.05) is 0 Å². The smallest absolute Gasteiger partial charge is 0.119 e. The zero-order valence-corrected chi connectivity index (χ0v) is 8.47. The molecule has 0 saturated carbocycles. The Balaban J connectivity index is 2.70. The van der Waals surface area contributed by atoms with Crippen LogP contribution in [0, 0.1) is 0 Å².